The second-order valence-corrected chi connectivity index (χ2v) is 6.10. The van der Waals surface area contributed by atoms with Crippen LogP contribution in [0.1, 0.15) is 58.2 Å². The first-order valence-electron chi connectivity index (χ1n) is 7.36. The van der Waals surface area contributed by atoms with E-state index < -0.39 is 0 Å². The summed E-state index contributed by atoms with van der Waals surface area (Å²) in [5.41, 5.74) is 5.92. The van der Waals surface area contributed by atoms with Gasteiger partial charge in [-0.1, -0.05) is 33.6 Å². The molecular weight excluding hydrogens is 236 g/mol. The van der Waals surface area contributed by atoms with Crippen LogP contribution in [0.2, 0.25) is 0 Å². The molecule has 1 aliphatic carbocycles. The second-order valence-electron chi connectivity index (χ2n) is 6.10. The quantitative estimate of drug-likeness (QED) is 0.909. The molecule has 0 amide bonds. The first-order chi connectivity index (χ1) is 8.99. The van der Waals surface area contributed by atoms with Crippen molar-refractivity contribution >= 4 is 11.6 Å². The van der Waals surface area contributed by atoms with Crippen molar-refractivity contribution in [2.24, 2.45) is 5.92 Å². The molecule has 0 aliphatic heterocycles. The molecule has 4 heteroatoms. The molecule has 0 saturated heterocycles. The Morgan fingerprint density at radius 2 is 1.95 bits per heavy atom. The minimum atomic E-state index is 0.305. The van der Waals surface area contributed by atoms with Gasteiger partial charge in [0.15, 0.2) is 0 Å². The fourth-order valence-corrected chi connectivity index (χ4v) is 2.95. The highest BCUT2D eigenvalue weighted by Gasteiger charge is 2.26. The summed E-state index contributed by atoms with van der Waals surface area (Å²) in [5.74, 6) is 3.40. The van der Waals surface area contributed by atoms with Crippen LogP contribution in [0, 0.1) is 5.92 Å². The minimum absolute atomic E-state index is 0.305. The van der Waals surface area contributed by atoms with E-state index in [0.717, 1.165) is 17.6 Å². The predicted octanol–water partition coefficient (Wildman–Crippen LogP) is 3.20. The molecule has 1 aliphatic rings. The normalized spacial score (nSPS) is 23.6. The van der Waals surface area contributed by atoms with E-state index in [9.17, 15) is 0 Å². The van der Waals surface area contributed by atoms with Gasteiger partial charge in [0.1, 0.15) is 17.5 Å². The van der Waals surface area contributed by atoms with Crippen molar-refractivity contribution in [3.63, 3.8) is 0 Å². The van der Waals surface area contributed by atoms with Gasteiger partial charge in [0.2, 0.25) is 0 Å². The van der Waals surface area contributed by atoms with E-state index in [1.54, 1.807) is 0 Å². The number of anilines is 2. The zero-order valence-corrected chi connectivity index (χ0v) is 12.6. The molecule has 1 fully saturated rings. The van der Waals surface area contributed by atoms with Crippen LogP contribution in [0.25, 0.3) is 0 Å². The Morgan fingerprint density at radius 1 is 1.26 bits per heavy atom. The molecule has 2 atom stereocenters. The molecule has 2 rings (SSSR count). The van der Waals surface area contributed by atoms with Gasteiger partial charge in [-0.25, -0.2) is 9.97 Å². The van der Waals surface area contributed by atoms with Gasteiger partial charge in [-0.15, -0.1) is 0 Å². The molecule has 1 aromatic rings. The second kappa shape index (κ2) is 5.76. The average Bonchev–Trinajstić information content (AvgIpc) is 2.37. The molecule has 4 nitrogen and oxygen atoms in total. The monoisotopic (exact) mass is 262 g/mol. The number of hydrogen-bond acceptors (Lipinski definition) is 4. The number of aromatic nitrogens is 2. The van der Waals surface area contributed by atoms with Crippen molar-refractivity contribution in [3.05, 3.63) is 11.9 Å². The van der Waals surface area contributed by atoms with E-state index >= 15 is 0 Å². The molecule has 0 aromatic carbocycles. The predicted molar refractivity (Wildman–Crippen MR) is 80.4 cm³/mol. The van der Waals surface area contributed by atoms with Gasteiger partial charge >= 0.3 is 0 Å². The number of rotatable bonds is 3. The van der Waals surface area contributed by atoms with Crippen molar-refractivity contribution in [2.75, 3.05) is 17.7 Å². The lowest BCUT2D eigenvalue weighted by Gasteiger charge is -2.37. The summed E-state index contributed by atoms with van der Waals surface area (Å²) in [4.78, 5) is 11.3. The van der Waals surface area contributed by atoms with Crippen molar-refractivity contribution in [2.45, 2.75) is 58.4 Å². The van der Waals surface area contributed by atoms with Gasteiger partial charge in [-0.3, -0.25) is 0 Å². The maximum absolute atomic E-state index is 5.92. The molecule has 0 bridgehead atoms. The van der Waals surface area contributed by atoms with Gasteiger partial charge in [0, 0.05) is 25.1 Å². The Kier molecular flexibility index (Phi) is 4.27. The minimum Gasteiger partial charge on any atom is -0.384 e. The molecule has 19 heavy (non-hydrogen) atoms. The Balaban J connectivity index is 2.24. The van der Waals surface area contributed by atoms with Crippen molar-refractivity contribution < 1.29 is 0 Å². The molecule has 1 heterocycles. The third kappa shape index (κ3) is 3.17. The third-order valence-electron chi connectivity index (χ3n) is 4.19. The van der Waals surface area contributed by atoms with Crippen LogP contribution in [-0.2, 0) is 0 Å². The van der Waals surface area contributed by atoms with Gasteiger partial charge in [-0.2, -0.15) is 0 Å². The Bertz CT molecular complexity index is 430. The maximum Gasteiger partial charge on any atom is 0.135 e. The molecule has 0 radical (unpaired) electrons. The fraction of sp³-hybridized carbons (Fsp3) is 0.733. The molecule has 1 saturated carbocycles. The Hall–Kier alpha value is -1.32. The summed E-state index contributed by atoms with van der Waals surface area (Å²) in [6, 6.07) is 2.47. The maximum atomic E-state index is 5.92. The van der Waals surface area contributed by atoms with Crippen molar-refractivity contribution in [1.29, 1.82) is 0 Å². The number of hydrogen-bond donors (Lipinski definition) is 1. The summed E-state index contributed by atoms with van der Waals surface area (Å²) < 4.78 is 0. The summed E-state index contributed by atoms with van der Waals surface area (Å²) >= 11 is 0. The van der Waals surface area contributed by atoms with Gasteiger partial charge in [0.25, 0.3) is 0 Å². The van der Waals surface area contributed by atoms with E-state index in [-0.39, 0.29) is 0 Å². The molecule has 106 valence electrons. The lowest BCUT2D eigenvalue weighted by atomic mass is 9.85. The van der Waals surface area contributed by atoms with Crippen LogP contribution >= 0.6 is 0 Å². The highest BCUT2D eigenvalue weighted by atomic mass is 15.2. The topological polar surface area (TPSA) is 55.0 Å². The largest absolute Gasteiger partial charge is 0.384 e. The molecule has 1 aromatic heterocycles. The Labute approximate surface area is 116 Å². The highest BCUT2D eigenvalue weighted by Crippen LogP contribution is 2.30. The molecular formula is C15H26N4. The van der Waals surface area contributed by atoms with Crippen LogP contribution in [0.4, 0.5) is 11.6 Å². The van der Waals surface area contributed by atoms with Crippen molar-refractivity contribution in [1.82, 2.24) is 9.97 Å². The molecule has 2 N–H and O–H groups in total. The van der Waals surface area contributed by atoms with Crippen LogP contribution in [0.15, 0.2) is 6.07 Å². The van der Waals surface area contributed by atoms with Crippen LogP contribution in [0.5, 0.6) is 0 Å². The standard InChI is InChI=1S/C15H26N4/c1-10(2)15-17-13(16)9-14(18-15)19(4)12-8-6-5-7-11(12)3/h9-12H,5-8H2,1-4H3,(H2,16,17,18). The Morgan fingerprint density at radius 3 is 2.58 bits per heavy atom. The van der Waals surface area contributed by atoms with Crippen LogP contribution in [0.3, 0.4) is 0 Å². The summed E-state index contributed by atoms with van der Waals surface area (Å²) in [7, 11) is 2.14. The van der Waals surface area contributed by atoms with E-state index in [4.69, 9.17) is 5.73 Å². The zero-order valence-electron chi connectivity index (χ0n) is 12.6. The van der Waals surface area contributed by atoms with Crippen LogP contribution in [-0.4, -0.2) is 23.1 Å². The smallest absolute Gasteiger partial charge is 0.135 e. The van der Waals surface area contributed by atoms with Gasteiger partial charge < -0.3 is 10.6 Å². The van der Waals surface area contributed by atoms with E-state index in [2.05, 4.69) is 42.7 Å². The van der Waals surface area contributed by atoms with E-state index in [1.807, 2.05) is 6.07 Å². The molecule has 0 spiro atoms. The van der Waals surface area contributed by atoms with E-state index in [1.165, 1.54) is 25.7 Å². The third-order valence-corrected chi connectivity index (χ3v) is 4.19. The number of nitrogens with zero attached hydrogens (tertiary/aromatic N) is 3. The summed E-state index contributed by atoms with van der Waals surface area (Å²) in [6.07, 6.45) is 5.23. The first kappa shape index (κ1) is 14.1. The van der Waals surface area contributed by atoms with E-state index in [0.29, 0.717) is 17.8 Å². The SMILES string of the molecule is CC(C)c1nc(N)cc(N(C)C2CCCCC2C)n1. The zero-order chi connectivity index (χ0) is 14.0. The first-order valence-corrected chi connectivity index (χ1v) is 7.36. The fourth-order valence-electron chi connectivity index (χ4n) is 2.95. The average molecular weight is 262 g/mol. The van der Waals surface area contributed by atoms with Crippen molar-refractivity contribution in [3.8, 4) is 0 Å². The summed E-state index contributed by atoms with van der Waals surface area (Å²) in [6.45, 7) is 6.54. The van der Waals surface area contributed by atoms with Gasteiger partial charge in [0.05, 0.1) is 0 Å². The molecule has 2 unspecified atom stereocenters. The summed E-state index contributed by atoms with van der Waals surface area (Å²) in [5, 5.41) is 0. The number of nitrogen functional groups attached to an aromatic ring is 1. The van der Waals surface area contributed by atoms with Crippen LogP contribution < -0.4 is 10.6 Å². The van der Waals surface area contributed by atoms with Gasteiger partial charge in [-0.05, 0) is 18.8 Å². The lowest BCUT2D eigenvalue weighted by Crippen LogP contribution is -2.39. The highest BCUT2D eigenvalue weighted by molar-refractivity contribution is 5.47. The lowest BCUT2D eigenvalue weighted by molar-refractivity contribution is 0.320. The number of nitrogens with two attached hydrogens (primary N) is 1.